The molecule has 0 aromatic heterocycles. The molecular weight excluding hydrogens is 288 g/mol. The molecule has 0 saturated heterocycles. The van der Waals surface area contributed by atoms with E-state index < -0.39 is 0 Å². The Hall–Kier alpha value is -1.39. The molecule has 1 N–H and O–H groups in total. The van der Waals surface area contributed by atoms with Crippen molar-refractivity contribution in [1.82, 2.24) is 5.32 Å². The van der Waals surface area contributed by atoms with E-state index in [9.17, 15) is 0 Å². The molecule has 4 heteroatoms. The van der Waals surface area contributed by atoms with Crippen molar-refractivity contribution in [2.45, 2.75) is 58.2 Å². The van der Waals surface area contributed by atoms with Crippen molar-refractivity contribution in [2.75, 3.05) is 19.8 Å². The number of aliphatic imine (C=N–C) groups is 1. The number of rotatable bonds is 9. The van der Waals surface area contributed by atoms with Gasteiger partial charge in [0, 0.05) is 13.2 Å². The molecule has 1 aromatic carbocycles. The highest BCUT2D eigenvalue weighted by Crippen LogP contribution is 2.33. The third-order valence-electron chi connectivity index (χ3n) is 4.25. The van der Waals surface area contributed by atoms with Crippen LogP contribution >= 0.6 is 0 Å². The van der Waals surface area contributed by atoms with Crippen molar-refractivity contribution in [3.8, 4) is 0 Å². The average Bonchev–Trinajstić information content (AvgIpc) is 2.86. The van der Waals surface area contributed by atoms with Crippen molar-refractivity contribution in [3.63, 3.8) is 0 Å². The zero-order valence-corrected chi connectivity index (χ0v) is 14.8. The summed E-state index contributed by atoms with van der Waals surface area (Å²) in [4.78, 5) is 4.86. The summed E-state index contributed by atoms with van der Waals surface area (Å²) in [5.41, 5.74) is 1.15. The lowest BCUT2D eigenvalue weighted by Crippen LogP contribution is -2.42. The van der Waals surface area contributed by atoms with Crippen LogP contribution in [0.2, 0.25) is 0 Å². The molecule has 0 fully saturated rings. The van der Waals surface area contributed by atoms with Gasteiger partial charge < -0.3 is 14.8 Å². The van der Waals surface area contributed by atoms with Gasteiger partial charge in [0.15, 0.2) is 0 Å². The molecule has 1 unspecified atom stereocenters. The molecule has 1 aliphatic rings. The van der Waals surface area contributed by atoms with Crippen LogP contribution in [0.1, 0.15) is 52.1 Å². The second-order valence-electron chi connectivity index (χ2n) is 6.56. The molecule has 0 spiro atoms. The minimum absolute atomic E-state index is 0.0902. The maximum atomic E-state index is 6.03. The molecule has 128 valence electrons. The van der Waals surface area contributed by atoms with E-state index >= 15 is 0 Å². The Morgan fingerprint density at radius 1 is 1.22 bits per heavy atom. The Morgan fingerprint density at radius 3 is 2.61 bits per heavy atom. The average molecular weight is 318 g/mol. The molecule has 23 heavy (non-hydrogen) atoms. The lowest BCUT2D eigenvalue weighted by atomic mass is 9.90. The number of hydrogen-bond donors (Lipinski definition) is 1. The lowest BCUT2D eigenvalue weighted by Gasteiger charge is -2.26. The molecule has 4 nitrogen and oxygen atoms in total. The molecular formula is C19H30N2O2. The first kappa shape index (κ1) is 18.0. The summed E-state index contributed by atoms with van der Waals surface area (Å²) in [7, 11) is 0. The summed E-state index contributed by atoms with van der Waals surface area (Å²) in [6, 6.07) is 10.6. The normalized spacial score (nSPS) is 20.9. The van der Waals surface area contributed by atoms with Crippen LogP contribution in [0.5, 0.6) is 0 Å². The number of ether oxygens (including phenoxy) is 2. The van der Waals surface area contributed by atoms with E-state index in [1.165, 1.54) is 5.56 Å². The van der Waals surface area contributed by atoms with Crippen LogP contribution in [0.25, 0.3) is 0 Å². The van der Waals surface area contributed by atoms with Crippen molar-refractivity contribution in [3.05, 3.63) is 35.9 Å². The standard InChI is InChI=1S/C19H30N2O2/c1-5-16(12-13-22-6-2)23-14-17-20-18(19(3,4)21-17)15-10-8-7-9-11-15/h7-11,16,18H,5-6,12-14H2,1-4H3,(H,20,21)/t16?,18-/m1/s1. The van der Waals surface area contributed by atoms with E-state index in [1.807, 2.05) is 13.0 Å². The van der Waals surface area contributed by atoms with E-state index in [0.717, 1.165) is 31.9 Å². The van der Waals surface area contributed by atoms with Gasteiger partial charge in [-0.05, 0) is 39.2 Å². The second-order valence-corrected chi connectivity index (χ2v) is 6.56. The zero-order chi connectivity index (χ0) is 16.7. The summed E-state index contributed by atoms with van der Waals surface area (Å²) in [6.07, 6.45) is 2.15. The SMILES string of the molecule is CCOCCC(CC)OCC1=N[C@H](c2ccccc2)C(C)(C)N1. The Labute approximate surface area is 140 Å². The van der Waals surface area contributed by atoms with Gasteiger partial charge in [-0.25, -0.2) is 0 Å². The van der Waals surface area contributed by atoms with Crippen LogP contribution in [-0.2, 0) is 9.47 Å². The third kappa shape index (κ3) is 5.05. The fraction of sp³-hybridized carbons (Fsp3) is 0.632. The number of hydrogen-bond acceptors (Lipinski definition) is 4. The van der Waals surface area contributed by atoms with E-state index in [0.29, 0.717) is 6.61 Å². The van der Waals surface area contributed by atoms with Gasteiger partial charge >= 0.3 is 0 Å². The first-order chi connectivity index (χ1) is 11.1. The lowest BCUT2D eigenvalue weighted by molar-refractivity contribution is 0.0396. The minimum atomic E-state index is -0.0902. The predicted molar refractivity (Wildman–Crippen MR) is 95.0 cm³/mol. The predicted octanol–water partition coefficient (Wildman–Crippen LogP) is 3.73. The summed E-state index contributed by atoms with van der Waals surface area (Å²) < 4.78 is 11.4. The number of benzene rings is 1. The molecule has 0 aliphatic carbocycles. The van der Waals surface area contributed by atoms with E-state index in [2.05, 4.69) is 50.4 Å². The van der Waals surface area contributed by atoms with Gasteiger partial charge in [-0.3, -0.25) is 4.99 Å². The van der Waals surface area contributed by atoms with Crippen molar-refractivity contribution >= 4 is 5.84 Å². The topological polar surface area (TPSA) is 42.9 Å². The van der Waals surface area contributed by atoms with Crippen LogP contribution in [0.15, 0.2) is 35.3 Å². The van der Waals surface area contributed by atoms with Crippen molar-refractivity contribution in [1.29, 1.82) is 0 Å². The summed E-state index contributed by atoms with van der Waals surface area (Å²) >= 11 is 0. The Kier molecular flexibility index (Phi) is 6.60. The molecule has 0 radical (unpaired) electrons. The number of nitrogens with zero attached hydrogens (tertiary/aromatic N) is 1. The van der Waals surface area contributed by atoms with Crippen molar-refractivity contribution in [2.24, 2.45) is 4.99 Å². The number of nitrogens with one attached hydrogen (secondary N) is 1. The third-order valence-corrected chi connectivity index (χ3v) is 4.25. The first-order valence-electron chi connectivity index (χ1n) is 8.66. The fourth-order valence-electron chi connectivity index (χ4n) is 2.95. The van der Waals surface area contributed by atoms with Gasteiger partial charge in [0.1, 0.15) is 12.4 Å². The van der Waals surface area contributed by atoms with Gasteiger partial charge in [-0.2, -0.15) is 0 Å². The quantitative estimate of drug-likeness (QED) is 0.706. The molecule has 0 bridgehead atoms. The number of amidine groups is 1. The highest BCUT2D eigenvalue weighted by Gasteiger charge is 2.36. The summed E-state index contributed by atoms with van der Waals surface area (Å²) in [5, 5.41) is 3.52. The Bertz CT molecular complexity index is 499. The second kappa shape index (κ2) is 8.46. The monoisotopic (exact) mass is 318 g/mol. The summed E-state index contributed by atoms with van der Waals surface area (Å²) in [6.45, 7) is 10.6. The van der Waals surface area contributed by atoms with Crippen LogP contribution in [0.4, 0.5) is 0 Å². The van der Waals surface area contributed by atoms with E-state index in [1.54, 1.807) is 0 Å². The zero-order valence-electron chi connectivity index (χ0n) is 14.8. The molecule has 1 aromatic rings. The minimum Gasteiger partial charge on any atom is -0.382 e. The highest BCUT2D eigenvalue weighted by molar-refractivity contribution is 5.86. The molecule has 0 amide bonds. The van der Waals surface area contributed by atoms with Crippen LogP contribution in [0.3, 0.4) is 0 Å². The van der Waals surface area contributed by atoms with Crippen LogP contribution in [0, 0.1) is 0 Å². The van der Waals surface area contributed by atoms with Gasteiger partial charge in [-0.1, -0.05) is 37.3 Å². The Morgan fingerprint density at radius 2 is 1.96 bits per heavy atom. The highest BCUT2D eigenvalue weighted by atomic mass is 16.5. The first-order valence-corrected chi connectivity index (χ1v) is 8.66. The van der Waals surface area contributed by atoms with Crippen molar-refractivity contribution < 1.29 is 9.47 Å². The van der Waals surface area contributed by atoms with E-state index in [4.69, 9.17) is 14.5 Å². The van der Waals surface area contributed by atoms with Gasteiger partial charge in [0.25, 0.3) is 0 Å². The van der Waals surface area contributed by atoms with Gasteiger partial charge in [0.05, 0.1) is 17.7 Å². The summed E-state index contributed by atoms with van der Waals surface area (Å²) in [5.74, 6) is 0.943. The van der Waals surface area contributed by atoms with Gasteiger partial charge in [-0.15, -0.1) is 0 Å². The fourth-order valence-corrected chi connectivity index (χ4v) is 2.95. The largest absolute Gasteiger partial charge is 0.382 e. The molecule has 2 atom stereocenters. The Balaban J connectivity index is 1.93. The van der Waals surface area contributed by atoms with Crippen LogP contribution in [-0.4, -0.2) is 37.3 Å². The maximum Gasteiger partial charge on any atom is 0.124 e. The van der Waals surface area contributed by atoms with Gasteiger partial charge in [0.2, 0.25) is 0 Å². The van der Waals surface area contributed by atoms with E-state index in [-0.39, 0.29) is 17.7 Å². The molecule has 2 rings (SSSR count). The molecule has 1 heterocycles. The maximum absolute atomic E-state index is 6.03. The molecule has 1 aliphatic heterocycles. The smallest absolute Gasteiger partial charge is 0.124 e. The molecule has 0 saturated carbocycles. The van der Waals surface area contributed by atoms with Crippen LogP contribution < -0.4 is 5.32 Å².